The molecule has 0 aromatic carbocycles. The van der Waals surface area contributed by atoms with Crippen molar-refractivity contribution in [3.63, 3.8) is 0 Å². The first-order valence-corrected chi connectivity index (χ1v) is 2.88. The number of hydrogen-bond acceptors (Lipinski definition) is 2. The van der Waals surface area contributed by atoms with Crippen LogP contribution in [0.5, 0.6) is 0 Å². The largest absolute Gasteiger partial charge is 0.515 e. The van der Waals surface area contributed by atoms with E-state index in [0.717, 1.165) is 12.7 Å². The molecule has 0 bridgehead atoms. The minimum absolute atomic E-state index is 0.0278. The fourth-order valence-corrected chi connectivity index (χ4v) is 0.777. The maximum atomic E-state index is 10.7. The number of rotatable bonds is 0. The van der Waals surface area contributed by atoms with E-state index in [0.29, 0.717) is 12.0 Å². The third kappa shape index (κ3) is 1.19. The van der Waals surface area contributed by atoms with Gasteiger partial charge in [-0.1, -0.05) is 12.2 Å². The average molecular weight is 124 g/mol. The molecule has 0 saturated carbocycles. The second kappa shape index (κ2) is 2.49. The van der Waals surface area contributed by atoms with E-state index in [1.165, 1.54) is 0 Å². The van der Waals surface area contributed by atoms with Crippen LogP contribution in [0.2, 0.25) is 0 Å². The zero-order valence-electron chi connectivity index (χ0n) is 5.00. The van der Waals surface area contributed by atoms with Crippen LogP contribution in [-0.4, -0.2) is 10.9 Å². The fourth-order valence-electron chi connectivity index (χ4n) is 0.777. The lowest BCUT2D eigenvalue weighted by Crippen LogP contribution is -2.03. The lowest BCUT2D eigenvalue weighted by Gasteiger charge is -2.02. The van der Waals surface area contributed by atoms with Crippen LogP contribution in [0, 0.1) is 0 Å². The summed E-state index contributed by atoms with van der Waals surface area (Å²) >= 11 is 0. The molecule has 0 aliphatic heterocycles. The standard InChI is InChI=1S/C7H8O2/c8-5-6-3-1-2-4-7(6)9/h1,3,5,8H,2,4H2/b6-5-. The highest BCUT2D eigenvalue weighted by atomic mass is 16.2. The fraction of sp³-hybridized carbons (Fsp3) is 0.286. The van der Waals surface area contributed by atoms with Crippen molar-refractivity contribution < 1.29 is 9.90 Å². The summed E-state index contributed by atoms with van der Waals surface area (Å²) in [7, 11) is 0. The van der Waals surface area contributed by atoms with Gasteiger partial charge in [-0.15, -0.1) is 0 Å². The van der Waals surface area contributed by atoms with Crippen LogP contribution in [0.15, 0.2) is 24.0 Å². The molecular weight excluding hydrogens is 116 g/mol. The van der Waals surface area contributed by atoms with Crippen molar-refractivity contribution in [2.45, 2.75) is 12.8 Å². The molecule has 0 saturated heterocycles. The Bertz CT molecular complexity index is 177. The average Bonchev–Trinajstić information content (AvgIpc) is 1.89. The summed E-state index contributed by atoms with van der Waals surface area (Å²) in [6.07, 6.45) is 5.71. The smallest absolute Gasteiger partial charge is 0.166 e. The van der Waals surface area contributed by atoms with E-state index in [-0.39, 0.29) is 5.78 Å². The Hall–Kier alpha value is -1.05. The third-order valence-electron chi connectivity index (χ3n) is 1.30. The summed E-state index contributed by atoms with van der Waals surface area (Å²) in [5.41, 5.74) is 0.418. The SMILES string of the molecule is O=C1CCC=C/C1=C/O. The first-order chi connectivity index (χ1) is 4.34. The first-order valence-electron chi connectivity index (χ1n) is 2.88. The molecule has 0 aromatic heterocycles. The number of carbonyl (C=O) groups excluding carboxylic acids is 1. The van der Waals surface area contributed by atoms with Crippen molar-refractivity contribution in [2.24, 2.45) is 0 Å². The zero-order chi connectivity index (χ0) is 6.69. The van der Waals surface area contributed by atoms with Crippen LogP contribution in [0.4, 0.5) is 0 Å². The molecule has 0 amide bonds. The van der Waals surface area contributed by atoms with Gasteiger partial charge >= 0.3 is 0 Å². The Morgan fingerprint density at radius 3 is 2.89 bits per heavy atom. The quantitative estimate of drug-likeness (QED) is 0.391. The number of carbonyl (C=O) groups is 1. The van der Waals surface area contributed by atoms with Gasteiger partial charge in [0.05, 0.1) is 11.8 Å². The van der Waals surface area contributed by atoms with E-state index in [1.807, 2.05) is 6.08 Å². The number of hydrogen-bond donors (Lipinski definition) is 1. The van der Waals surface area contributed by atoms with Crippen LogP contribution < -0.4 is 0 Å². The molecule has 0 aromatic rings. The predicted molar refractivity (Wildman–Crippen MR) is 34.1 cm³/mol. The number of Topliss-reactive ketones (excluding diaryl/α,β-unsaturated/α-hetero) is 1. The van der Waals surface area contributed by atoms with Crippen molar-refractivity contribution in [1.29, 1.82) is 0 Å². The second-order valence-electron chi connectivity index (χ2n) is 1.95. The van der Waals surface area contributed by atoms with Crippen molar-refractivity contribution in [2.75, 3.05) is 0 Å². The Morgan fingerprint density at radius 2 is 2.44 bits per heavy atom. The molecule has 0 fully saturated rings. The highest BCUT2D eigenvalue weighted by Crippen LogP contribution is 2.10. The summed E-state index contributed by atoms with van der Waals surface area (Å²) in [4.78, 5) is 10.7. The molecular formula is C7H8O2. The number of aliphatic hydroxyl groups is 1. The topological polar surface area (TPSA) is 37.3 Å². The lowest BCUT2D eigenvalue weighted by atomic mass is 10.0. The van der Waals surface area contributed by atoms with Crippen molar-refractivity contribution >= 4 is 5.78 Å². The van der Waals surface area contributed by atoms with E-state index >= 15 is 0 Å². The Morgan fingerprint density at radius 1 is 1.67 bits per heavy atom. The van der Waals surface area contributed by atoms with Crippen LogP contribution in [-0.2, 0) is 4.79 Å². The third-order valence-corrected chi connectivity index (χ3v) is 1.30. The van der Waals surface area contributed by atoms with Gasteiger partial charge in [-0.05, 0) is 6.42 Å². The molecule has 0 spiro atoms. The van der Waals surface area contributed by atoms with Gasteiger partial charge in [0.1, 0.15) is 0 Å². The molecule has 1 aliphatic rings. The number of allylic oxidation sites excluding steroid dienone is 3. The molecule has 0 unspecified atom stereocenters. The summed E-state index contributed by atoms with van der Waals surface area (Å²) in [6, 6.07) is 0. The molecule has 1 N–H and O–H groups in total. The molecule has 0 atom stereocenters. The van der Waals surface area contributed by atoms with E-state index < -0.39 is 0 Å². The van der Waals surface area contributed by atoms with Gasteiger partial charge in [0, 0.05) is 6.42 Å². The van der Waals surface area contributed by atoms with Crippen molar-refractivity contribution in [3.8, 4) is 0 Å². The van der Waals surface area contributed by atoms with Gasteiger partial charge < -0.3 is 5.11 Å². The van der Waals surface area contributed by atoms with Gasteiger partial charge in [-0.2, -0.15) is 0 Å². The predicted octanol–water partition coefficient (Wildman–Crippen LogP) is 1.35. The maximum absolute atomic E-state index is 10.7. The van der Waals surface area contributed by atoms with Gasteiger partial charge in [0.2, 0.25) is 0 Å². The van der Waals surface area contributed by atoms with E-state index in [9.17, 15) is 4.79 Å². The maximum Gasteiger partial charge on any atom is 0.166 e. The summed E-state index contributed by atoms with van der Waals surface area (Å²) in [5.74, 6) is 0.0278. The van der Waals surface area contributed by atoms with Crippen LogP contribution >= 0.6 is 0 Å². The lowest BCUT2D eigenvalue weighted by molar-refractivity contribution is -0.115. The van der Waals surface area contributed by atoms with E-state index in [4.69, 9.17) is 5.11 Å². The van der Waals surface area contributed by atoms with Gasteiger partial charge in [-0.25, -0.2) is 0 Å². The molecule has 2 heteroatoms. The highest BCUT2D eigenvalue weighted by Gasteiger charge is 2.08. The number of ketones is 1. The molecule has 2 nitrogen and oxygen atoms in total. The van der Waals surface area contributed by atoms with E-state index in [2.05, 4.69) is 0 Å². The molecule has 1 aliphatic carbocycles. The monoisotopic (exact) mass is 124 g/mol. The highest BCUT2D eigenvalue weighted by molar-refractivity contribution is 5.98. The van der Waals surface area contributed by atoms with Crippen molar-refractivity contribution in [1.82, 2.24) is 0 Å². The minimum Gasteiger partial charge on any atom is -0.515 e. The molecule has 1 rings (SSSR count). The van der Waals surface area contributed by atoms with E-state index in [1.54, 1.807) is 6.08 Å². The Kier molecular flexibility index (Phi) is 1.68. The zero-order valence-corrected chi connectivity index (χ0v) is 5.00. The minimum atomic E-state index is 0.0278. The van der Waals surface area contributed by atoms with Gasteiger partial charge in [0.25, 0.3) is 0 Å². The normalized spacial score (nSPS) is 23.1. The Labute approximate surface area is 53.5 Å². The van der Waals surface area contributed by atoms with Crippen LogP contribution in [0.3, 0.4) is 0 Å². The van der Waals surface area contributed by atoms with Crippen LogP contribution in [0.25, 0.3) is 0 Å². The molecule has 0 radical (unpaired) electrons. The first kappa shape index (κ1) is 6.08. The summed E-state index contributed by atoms with van der Waals surface area (Å²) in [5, 5.41) is 8.43. The number of aliphatic hydroxyl groups excluding tert-OH is 1. The van der Waals surface area contributed by atoms with Crippen molar-refractivity contribution in [3.05, 3.63) is 24.0 Å². The summed E-state index contributed by atoms with van der Waals surface area (Å²) < 4.78 is 0. The van der Waals surface area contributed by atoms with Gasteiger partial charge in [-0.3, -0.25) is 4.79 Å². The molecule has 0 heterocycles. The summed E-state index contributed by atoms with van der Waals surface area (Å²) in [6.45, 7) is 0. The Balaban J connectivity index is 2.81. The van der Waals surface area contributed by atoms with Crippen LogP contribution in [0.1, 0.15) is 12.8 Å². The molecule has 9 heavy (non-hydrogen) atoms. The molecule has 48 valence electrons. The van der Waals surface area contributed by atoms with Gasteiger partial charge in [0.15, 0.2) is 5.78 Å². The second-order valence-corrected chi connectivity index (χ2v) is 1.95.